The SMILES string of the molecule is C[C@@H]1CN(c2cc(-c3n[nH]c4ccc([N+](=O)[O-])cc34)ccn2)C[C@H](C)N1CC1CCN(C(=O)OCc2ccccc2)CC1. The van der Waals surface area contributed by atoms with E-state index in [2.05, 4.69) is 38.8 Å². The van der Waals surface area contributed by atoms with Crippen LogP contribution in [0.5, 0.6) is 0 Å². The number of likely N-dealkylation sites (tertiary alicyclic amines) is 1. The summed E-state index contributed by atoms with van der Waals surface area (Å²) in [7, 11) is 0. The molecule has 11 nitrogen and oxygen atoms in total. The molecule has 4 aromatic rings. The molecule has 0 saturated carbocycles. The van der Waals surface area contributed by atoms with Gasteiger partial charge in [-0.3, -0.25) is 20.1 Å². The van der Waals surface area contributed by atoms with E-state index in [0.717, 1.165) is 68.0 Å². The number of amides is 1. The molecule has 0 radical (unpaired) electrons. The minimum Gasteiger partial charge on any atom is -0.445 e. The van der Waals surface area contributed by atoms with E-state index >= 15 is 0 Å². The number of hydrogen-bond acceptors (Lipinski definition) is 8. The third kappa shape index (κ3) is 6.31. The van der Waals surface area contributed by atoms with Gasteiger partial charge < -0.3 is 14.5 Å². The summed E-state index contributed by atoms with van der Waals surface area (Å²) in [6.07, 6.45) is 3.50. The first-order valence-electron chi connectivity index (χ1n) is 14.9. The van der Waals surface area contributed by atoms with Crippen LogP contribution in [0.1, 0.15) is 32.3 Å². The average Bonchev–Trinajstić information content (AvgIpc) is 3.46. The molecule has 43 heavy (non-hydrogen) atoms. The molecule has 0 bridgehead atoms. The summed E-state index contributed by atoms with van der Waals surface area (Å²) in [6, 6.07) is 19.1. The highest BCUT2D eigenvalue weighted by atomic mass is 16.6. The summed E-state index contributed by atoms with van der Waals surface area (Å²) in [6.45, 7) is 8.99. The van der Waals surface area contributed by atoms with Crippen LogP contribution in [-0.2, 0) is 11.3 Å². The molecule has 1 amide bonds. The molecule has 2 aliphatic heterocycles. The third-order valence-corrected chi connectivity index (χ3v) is 8.75. The molecule has 2 aromatic carbocycles. The van der Waals surface area contributed by atoms with Gasteiger partial charge >= 0.3 is 6.09 Å². The number of carbonyl (C=O) groups is 1. The molecule has 0 aliphatic carbocycles. The zero-order chi connectivity index (χ0) is 29.9. The maximum absolute atomic E-state index is 12.6. The number of piperidine rings is 1. The van der Waals surface area contributed by atoms with Crippen LogP contribution >= 0.6 is 0 Å². The predicted molar refractivity (Wildman–Crippen MR) is 165 cm³/mol. The fourth-order valence-corrected chi connectivity index (χ4v) is 6.38. The fourth-order valence-electron chi connectivity index (χ4n) is 6.38. The normalized spacial score (nSPS) is 20.0. The van der Waals surface area contributed by atoms with Crippen molar-refractivity contribution in [3.8, 4) is 11.3 Å². The Morgan fingerprint density at radius 3 is 2.51 bits per heavy atom. The van der Waals surface area contributed by atoms with Gasteiger partial charge in [-0.05, 0) is 56.4 Å². The summed E-state index contributed by atoms with van der Waals surface area (Å²) in [5.41, 5.74) is 3.34. The number of fused-ring (bicyclic) bond motifs is 1. The lowest BCUT2D eigenvalue weighted by atomic mass is 9.94. The zero-order valence-electron chi connectivity index (χ0n) is 24.6. The van der Waals surface area contributed by atoms with Crippen LogP contribution in [0.15, 0.2) is 66.9 Å². The number of pyridine rings is 1. The van der Waals surface area contributed by atoms with Crippen LogP contribution in [0.25, 0.3) is 22.2 Å². The van der Waals surface area contributed by atoms with E-state index in [9.17, 15) is 14.9 Å². The summed E-state index contributed by atoms with van der Waals surface area (Å²) in [5.74, 6) is 1.41. The Hall–Kier alpha value is -4.51. The van der Waals surface area contributed by atoms with E-state index in [4.69, 9.17) is 4.74 Å². The second-order valence-electron chi connectivity index (χ2n) is 11.7. The topological polar surface area (TPSA) is 121 Å². The molecule has 4 heterocycles. The number of nitrogens with zero attached hydrogens (tertiary/aromatic N) is 6. The number of piperazine rings is 1. The Morgan fingerprint density at radius 1 is 1.05 bits per heavy atom. The minimum atomic E-state index is -0.388. The molecular weight excluding hydrogens is 546 g/mol. The molecule has 0 spiro atoms. The van der Waals surface area contributed by atoms with E-state index < -0.39 is 0 Å². The van der Waals surface area contributed by atoms with Gasteiger partial charge in [0.2, 0.25) is 0 Å². The van der Waals surface area contributed by atoms with Crippen molar-refractivity contribution in [3.05, 3.63) is 82.5 Å². The Kier molecular flexibility index (Phi) is 8.24. The molecule has 0 unspecified atom stereocenters. The van der Waals surface area contributed by atoms with Crippen LogP contribution in [0.4, 0.5) is 16.3 Å². The standard InChI is InChI=1S/C32H37N7O4/c1-22-18-37(30-16-26(10-13-33-30)31-28-17-27(39(41)42)8-9-29(28)34-35-31)19-23(2)38(22)20-24-11-14-36(15-12-24)32(40)43-21-25-6-4-3-5-7-25/h3-10,13,16-17,22-24H,11-12,14-15,18-21H2,1-2H3,(H,34,35)/t22-,23+. The van der Waals surface area contributed by atoms with Gasteiger partial charge in [0.25, 0.3) is 5.69 Å². The van der Waals surface area contributed by atoms with Gasteiger partial charge in [0.1, 0.15) is 18.1 Å². The zero-order valence-corrected chi connectivity index (χ0v) is 24.6. The average molecular weight is 584 g/mol. The van der Waals surface area contributed by atoms with Crippen molar-refractivity contribution >= 4 is 28.5 Å². The van der Waals surface area contributed by atoms with E-state index in [1.54, 1.807) is 18.3 Å². The Labute approximate surface area is 250 Å². The van der Waals surface area contributed by atoms with E-state index in [1.165, 1.54) is 6.07 Å². The van der Waals surface area contributed by atoms with E-state index in [-0.39, 0.29) is 16.7 Å². The molecule has 6 rings (SSSR count). The lowest BCUT2D eigenvalue weighted by molar-refractivity contribution is -0.384. The molecule has 2 fully saturated rings. The molecule has 224 valence electrons. The molecule has 2 aliphatic rings. The highest BCUT2D eigenvalue weighted by Crippen LogP contribution is 2.32. The number of aromatic nitrogens is 3. The summed E-state index contributed by atoms with van der Waals surface area (Å²) in [5, 5.41) is 19.5. The quantitative estimate of drug-likeness (QED) is 0.224. The molecule has 1 N–H and O–H groups in total. The molecule has 2 aromatic heterocycles. The van der Waals surface area contributed by atoms with Gasteiger partial charge in [0.15, 0.2) is 0 Å². The highest BCUT2D eigenvalue weighted by molar-refractivity contribution is 5.94. The lowest BCUT2D eigenvalue weighted by Crippen LogP contribution is -2.58. The first-order valence-corrected chi connectivity index (χ1v) is 14.9. The van der Waals surface area contributed by atoms with Gasteiger partial charge in [-0.15, -0.1) is 0 Å². The van der Waals surface area contributed by atoms with Crippen molar-refractivity contribution in [1.82, 2.24) is 25.0 Å². The number of anilines is 1. The minimum absolute atomic E-state index is 0.0388. The molecule has 2 saturated heterocycles. The first-order chi connectivity index (χ1) is 20.9. The lowest BCUT2D eigenvalue weighted by Gasteiger charge is -2.47. The Balaban J connectivity index is 1.05. The molecule has 11 heteroatoms. The van der Waals surface area contributed by atoms with Gasteiger partial charge in [0.05, 0.1) is 10.4 Å². The van der Waals surface area contributed by atoms with Crippen molar-refractivity contribution in [2.75, 3.05) is 37.6 Å². The van der Waals surface area contributed by atoms with E-state index in [1.807, 2.05) is 47.4 Å². The molecule has 2 atom stereocenters. The smallest absolute Gasteiger partial charge is 0.410 e. The van der Waals surface area contributed by atoms with Crippen LogP contribution in [0.3, 0.4) is 0 Å². The van der Waals surface area contributed by atoms with Crippen LogP contribution in [-0.4, -0.2) is 80.8 Å². The summed E-state index contributed by atoms with van der Waals surface area (Å²) in [4.78, 5) is 35.0. The number of nitrogens with one attached hydrogen (secondary N) is 1. The number of nitro benzene ring substituents is 1. The number of ether oxygens (including phenoxy) is 1. The van der Waals surface area contributed by atoms with E-state index in [0.29, 0.717) is 35.7 Å². The highest BCUT2D eigenvalue weighted by Gasteiger charge is 2.33. The Bertz CT molecular complexity index is 1570. The fraction of sp³-hybridized carbons (Fsp3) is 0.406. The maximum Gasteiger partial charge on any atom is 0.410 e. The number of rotatable bonds is 7. The van der Waals surface area contributed by atoms with Gasteiger partial charge in [-0.25, -0.2) is 9.78 Å². The van der Waals surface area contributed by atoms with Crippen molar-refractivity contribution in [1.29, 1.82) is 0 Å². The second kappa shape index (κ2) is 12.4. The van der Waals surface area contributed by atoms with Gasteiger partial charge in [0, 0.05) is 74.1 Å². The Morgan fingerprint density at radius 2 is 1.79 bits per heavy atom. The number of H-pyrrole nitrogens is 1. The van der Waals surface area contributed by atoms with Crippen molar-refractivity contribution in [2.24, 2.45) is 5.92 Å². The van der Waals surface area contributed by atoms with Crippen LogP contribution in [0.2, 0.25) is 0 Å². The van der Waals surface area contributed by atoms with Gasteiger partial charge in [-0.2, -0.15) is 5.10 Å². The van der Waals surface area contributed by atoms with Crippen molar-refractivity contribution < 1.29 is 14.5 Å². The predicted octanol–water partition coefficient (Wildman–Crippen LogP) is 5.48. The maximum atomic E-state index is 12.6. The second-order valence-corrected chi connectivity index (χ2v) is 11.7. The third-order valence-electron chi connectivity index (χ3n) is 8.75. The number of aromatic amines is 1. The largest absolute Gasteiger partial charge is 0.445 e. The monoisotopic (exact) mass is 583 g/mol. The number of benzene rings is 2. The summed E-state index contributed by atoms with van der Waals surface area (Å²) >= 11 is 0. The van der Waals surface area contributed by atoms with Gasteiger partial charge in [-0.1, -0.05) is 30.3 Å². The van der Waals surface area contributed by atoms with Crippen LogP contribution in [0, 0.1) is 16.0 Å². The van der Waals surface area contributed by atoms with Crippen LogP contribution < -0.4 is 4.90 Å². The number of hydrogen-bond donors (Lipinski definition) is 1. The number of carbonyl (C=O) groups excluding carboxylic acids is 1. The van der Waals surface area contributed by atoms with Crippen molar-refractivity contribution in [2.45, 2.75) is 45.4 Å². The first kappa shape index (κ1) is 28.6. The number of nitro groups is 1. The summed E-state index contributed by atoms with van der Waals surface area (Å²) < 4.78 is 5.54. The number of non-ortho nitro benzene ring substituents is 1. The van der Waals surface area contributed by atoms with Crippen molar-refractivity contribution in [3.63, 3.8) is 0 Å². The molecular formula is C32H37N7O4.